The normalized spacial score (nSPS) is 45.8. The summed E-state index contributed by atoms with van der Waals surface area (Å²) in [5.41, 5.74) is 6.69. The molecule has 0 bridgehead atoms. The van der Waals surface area contributed by atoms with Crippen molar-refractivity contribution in [1.29, 1.82) is 0 Å². The molecular formula is C28H47N3O2. The molecule has 4 fully saturated rings. The second kappa shape index (κ2) is 8.95. The van der Waals surface area contributed by atoms with Crippen LogP contribution in [0.15, 0.2) is 12.4 Å². The second-order valence-corrected chi connectivity index (χ2v) is 12.8. The standard InChI is InChI=1S/C28H47N3O2/c1-4-9-28(33)11-8-21-20(13-28)5-6-23-22(21)7-10-27(3)24(23)12-25(32)26(27)18(2)16-31-17-19(14-29)15-30-31/h15,17-18,20-26,32-33H,4-14,16,29H2,1-3H3/t18-,20+,21-,22+,23+,24-,25+,26-,27-,28+/m0/s1. The van der Waals surface area contributed by atoms with Gasteiger partial charge in [-0.3, -0.25) is 4.68 Å². The molecule has 5 rings (SSSR count). The summed E-state index contributed by atoms with van der Waals surface area (Å²) in [4.78, 5) is 0. The van der Waals surface area contributed by atoms with E-state index in [1.165, 1.54) is 32.1 Å². The fourth-order valence-electron chi connectivity index (χ4n) is 9.76. The number of aliphatic hydroxyl groups excluding tert-OH is 1. The molecule has 33 heavy (non-hydrogen) atoms. The molecule has 0 aliphatic heterocycles. The molecule has 1 aromatic rings. The Hall–Kier alpha value is -0.910. The zero-order valence-corrected chi connectivity index (χ0v) is 21.1. The predicted molar refractivity (Wildman–Crippen MR) is 131 cm³/mol. The molecule has 0 spiro atoms. The first kappa shape index (κ1) is 23.8. The molecule has 1 aromatic heterocycles. The zero-order chi connectivity index (χ0) is 23.4. The SMILES string of the molecule is CCC[C@@]1(O)CC[C@H]2[C@H](CC[C@@H]3[C@@H]2CC[C@]2(C)[C@@H]([C@@H](C)Cn4cc(CN)cn4)[C@H](O)C[C@@H]32)C1. The molecule has 4 aliphatic carbocycles. The van der Waals surface area contributed by atoms with Crippen molar-refractivity contribution in [2.24, 2.45) is 52.6 Å². The van der Waals surface area contributed by atoms with E-state index < -0.39 is 5.60 Å². The molecule has 0 radical (unpaired) electrons. The number of fused-ring (bicyclic) bond motifs is 5. The fraction of sp³-hybridized carbons (Fsp3) is 0.893. The highest BCUT2D eigenvalue weighted by molar-refractivity contribution is 5.10. The van der Waals surface area contributed by atoms with Crippen LogP contribution in [0, 0.1) is 46.8 Å². The molecule has 186 valence electrons. The van der Waals surface area contributed by atoms with Crippen molar-refractivity contribution in [1.82, 2.24) is 9.78 Å². The van der Waals surface area contributed by atoms with Gasteiger partial charge in [-0.2, -0.15) is 5.10 Å². The largest absolute Gasteiger partial charge is 0.393 e. The van der Waals surface area contributed by atoms with Crippen LogP contribution in [0.25, 0.3) is 0 Å². The van der Waals surface area contributed by atoms with E-state index in [9.17, 15) is 10.2 Å². The summed E-state index contributed by atoms with van der Waals surface area (Å²) in [6, 6.07) is 0. The third-order valence-electron chi connectivity index (χ3n) is 10.9. The van der Waals surface area contributed by atoms with E-state index in [1.54, 1.807) is 0 Å². The summed E-state index contributed by atoms with van der Waals surface area (Å²) in [7, 11) is 0. The highest BCUT2D eigenvalue weighted by Crippen LogP contribution is 2.65. The first-order chi connectivity index (χ1) is 15.8. The minimum atomic E-state index is -0.397. The smallest absolute Gasteiger partial charge is 0.0650 e. The maximum absolute atomic E-state index is 11.4. The van der Waals surface area contributed by atoms with E-state index in [1.807, 2.05) is 10.9 Å². The first-order valence-corrected chi connectivity index (χ1v) is 13.9. The van der Waals surface area contributed by atoms with E-state index in [0.29, 0.717) is 24.3 Å². The summed E-state index contributed by atoms with van der Waals surface area (Å²) in [5, 5.41) is 27.0. The van der Waals surface area contributed by atoms with E-state index in [2.05, 4.69) is 32.1 Å². The molecule has 0 aromatic carbocycles. The van der Waals surface area contributed by atoms with Crippen LogP contribution in [0.3, 0.4) is 0 Å². The van der Waals surface area contributed by atoms with Gasteiger partial charge in [0, 0.05) is 24.8 Å². The monoisotopic (exact) mass is 457 g/mol. The van der Waals surface area contributed by atoms with E-state index in [-0.39, 0.29) is 11.5 Å². The first-order valence-electron chi connectivity index (χ1n) is 13.9. The third-order valence-corrected chi connectivity index (χ3v) is 10.9. The summed E-state index contributed by atoms with van der Waals surface area (Å²) >= 11 is 0. The minimum Gasteiger partial charge on any atom is -0.393 e. The van der Waals surface area contributed by atoms with Gasteiger partial charge in [-0.1, -0.05) is 27.2 Å². The van der Waals surface area contributed by atoms with Gasteiger partial charge in [0.05, 0.1) is 17.9 Å². The van der Waals surface area contributed by atoms with Gasteiger partial charge in [-0.25, -0.2) is 0 Å². The Morgan fingerprint density at radius 3 is 2.70 bits per heavy atom. The lowest BCUT2D eigenvalue weighted by Crippen LogP contribution is -2.51. The molecule has 0 saturated heterocycles. The van der Waals surface area contributed by atoms with E-state index in [0.717, 1.165) is 67.9 Å². The van der Waals surface area contributed by atoms with Gasteiger partial charge in [-0.05, 0) is 105 Å². The fourth-order valence-corrected chi connectivity index (χ4v) is 9.76. The van der Waals surface area contributed by atoms with Crippen molar-refractivity contribution in [2.75, 3.05) is 0 Å². The quantitative estimate of drug-likeness (QED) is 0.576. The van der Waals surface area contributed by atoms with Crippen LogP contribution >= 0.6 is 0 Å². The van der Waals surface area contributed by atoms with Crippen molar-refractivity contribution in [3.63, 3.8) is 0 Å². The molecule has 4 aliphatic rings. The third kappa shape index (κ3) is 4.10. The predicted octanol–water partition coefficient (Wildman–Crippen LogP) is 4.75. The Balaban J connectivity index is 1.30. The van der Waals surface area contributed by atoms with Gasteiger partial charge < -0.3 is 15.9 Å². The Morgan fingerprint density at radius 2 is 1.97 bits per heavy atom. The number of aromatic nitrogens is 2. The molecular weight excluding hydrogens is 410 g/mol. The zero-order valence-electron chi connectivity index (χ0n) is 21.1. The molecule has 1 heterocycles. The van der Waals surface area contributed by atoms with Gasteiger partial charge >= 0.3 is 0 Å². The number of aliphatic hydroxyl groups is 2. The van der Waals surface area contributed by atoms with Crippen molar-refractivity contribution in [3.8, 4) is 0 Å². The van der Waals surface area contributed by atoms with Gasteiger partial charge in [0.2, 0.25) is 0 Å². The number of rotatable bonds is 6. The number of hydrogen-bond acceptors (Lipinski definition) is 4. The van der Waals surface area contributed by atoms with Crippen LogP contribution in [0.5, 0.6) is 0 Å². The Morgan fingerprint density at radius 1 is 1.18 bits per heavy atom. The van der Waals surface area contributed by atoms with Crippen molar-refractivity contribution < 1.29 is 10.2 Å². The van der Waals surface area contributed by atoms with Gasteiger partial charge in [-0.15, -0.1) is 0 Å². The van der Waals surface area contributed by atoms with E-state index in [4.69, 9.17) is 5.73 Å². The number of nitrogens with zero attached hydrogens (tertiary/aromatic N) is 2. The second-order valence-electron chi connectivity index (χ2n) is 12.8. The molecule has 4 saturated carbocycles. The Bertz CT molecular complexity index is 826. The summed E-state index contributed by atoms with van der Waals surface area (Å²) in [5.74, 6) is 4.49. The molecule has 5 heteroatoms. The van der Waals surface area contributed by atoms with Crippen LogP contribution < -0.4 is 5.73 Å². The molecule has 10 atom stereocenters. The number of hydrogen-bond donors (Lipinski definition) is 3. The van der Waals surface area contributed by atoms with Crippen molar-refractivity contribution in [3.05, 3.63) is 18.0 Å². The lowest BCUT2D eigenvalue weighted by molar-refractivity contribution is -0.111. The van der Waals surface area contributed by atoms with Gasteiger partial charge in [0.15, 0.2) is 0 Å². The Labute approximate surface area is 200 Å². The molecule has 0 amide bonds. The Kier molecular flexibility index (Phi) is 6.46. The highest BCUT2D eigenvalue weighted by Gasteiger charge is 2.61. The van der Waals surface area contributed by atoms with Gasteiger partial charge in [0.25, 0.3) is 0 Å². The lowest BCUT2D eigenvalue weighted by atomic mass is 9.48. The molecule has 5 nitrogen and oxygen atoms in total. The summed E-state index contributed by atoms with van der Waals surface area (Å²) < 4.78 is 2.03. The van der Waals surface area contributed by atoms with Crippen LogP contribution in [0.4, 0.5) is 0 Å². The summed E-state index contributed by atoms with van der Waals surface area (Å²) in [6.45, 7) is 8.42. The van der Waals surface area contributed by atoms with Crippen LogP contribution in [-0.4, -0.2) is 31.7 Å². The average molecular weight is 458 g/mol. The maximum atomic E-state index is 11.4. The van der Waals surface area contributed by atoms with Crippen LogP contribution in [0.1, 0.15) is 90.5 Å². The topological polar surface area (TPSA) is 84.3 Å². The number of nitrogens with two attached hydrogens (primary N) is 1. The highest BCUT2D eigenvalue weighted by atomic mass is 16.3. The lowest BCUT2D eigenvalue weighted by Gasteiger charge is -2.57. The average Bonchev–Trinajstić information content (AvgIpc) is 3.33. The maximum Gasteiger partial charge on any atom is 0.0650 e. The van der Waals surface area contributed by atoms with E-state index >= 15 is 0 Å². The summed E-state index contributed by atoms with van der Waals surface area (Å²) in [6.07, 6.45) is 15.2. The molecule has 4 N–H and O–H groups in total. The molecule has 0 unspecified atom stereocenters. The van der Waals surface area contributed by atoms with Crippen molar-refractivity contribution in [2.45, 2.75) is 110 Å². The van der Waals surface area contributed by atoms with Crippen molar-refractivity contribution >= 4 is 0 Å². The van der Waals surface area contributed by atoms with Crippen LogP contribution in [-0.2, 0) is 13.1 Å². The van der Waals surface area contributed by atoms with Gasteiger partial charge in [0.1, 0.15) is 0 Å². The minimum absolute atomic E-state index is 0.197. The van der Waals surface area contributed by atoms with Crippen LogP contribution in [0.2, 0.25) is 0 Å².